The molecular weight excluding hydrogens is 276 g/mol. The second-order valence-electron chi connectivity index (χ2n) is 4.99. The molecule has 1 atom stereocenters. The van der Waals surface area contributed by atoms with E-state index >= 15 is 0 Å². The monoisotopic (exact) mass is 290 g/mol. The molecule has 0 fully saturated rings. The number of aryl methyl sites for hydroxylation is 1. The van der Waals surface area contributed by atoms with E-state index in [0.29, 0.717) is 12.2 Å². The van der Waals surface area contributed by atoms with Gasteiger partial charge in [-0.15, -0.1) is 11.3 Å². The Balaban J connectivity index is 1.81. The molecule has 98 valence electrons. The van der Waals surface area contributed by atoms with Crippen LogP contribution < -0.4 is 0 Å². The smallest absolute Gasteiger partial charge is 0.145 e. The van der Waals surface area contributed by atoms with E-state index in [1.165, 1.54) is 22.5 Å². The summed E-state index contributed by atoms with van der Waals surface area (Å²) in [6.45, 7) is 0. The molecule has 0 saturated heterocycles. The number of rotatable bonds is 3. The minimum Gasteiger partial charge on any atom is -0.299 e. The van der Waals surface area contributed by atoms with Gasteiger partial charge in [-0.3, -0.25) is 4.79 Å². The molecule has 0 saturated carbocycles. The van der Waals surface area contributed by atoms with E-state index in [1.807, 2.05) is 18.2 Å². The fourth-order valence-corrected chi connectivity index (χ4v) is 3.93. The molecule has 1 unspecified atom stereocenters. The number of benzene rings is 1. The average Bonchev–Trinajstić information content (AvgIpc) is 2.83. The van der Waals surface area contributed by atoms with Crippen LogP contribution in [0.2, 0.25) is 4.34 Å². The number of thiophene rings is 1. The van der Waals surface area contributed by atoms with Crippen LogP contribution in [-0.4, -0.2) is 5.78 Å². The van der Waals surface area contributed by atoms with Gasteiger partial charge in [0.1, 0.15) is 5.78 Å². The molecule has 0 amide bonds. The van der Waals surface area contributed by atoms with Crippen molar-refractivity contribution in [3.8, 4) is 0 Å². The zero-order chi connectivity index (χ0) is 13.2. The van der Waals surface area contributed by atoms with E-state index in [0.717, 1.165) is 28.5 Å². The predicted octanol–water partition coefficient (Wildman–Crippen LogP) is 4.63. The lowest BCUT2D eigenvalue weighted by atomic mass is 9.80. The molecule has 1 heterocycles. The van der Waals surface area contributed by atoms with Crippen LogP contribution in [0, 0.1) is 0 Å². The van der Waals surface area contributed by atoms with Gasteiger partial charge in [0.05, 0.1) is 4.34 Å². The molecule has 1 aromatic carbocycles. The topological polar surface area (TPSA) is 17.1 Å². The first-order valence-corrected chi connectivity index (χ1v) is 7.78. The molecule has 0 bridgehead atoms. The molecule has 0 spiro atoms. The SMILES string of the molecule is O=C(Cc1ccc(Cl)s1)C1CCCc2ccccc21. The number of hydrogen-bond acceptors (Lipinski definition) is 2. The van der Waals surface area contributed by atoms with Crippen molar-refractivity contribution in [1.82, 2.24) is 0 Å². The van der Waals surface area contributed by atoms with Gasteiger partial charge in [-0.25, -0.2) is 0 Å². The molecule has 1 aromatic heterocycles. The van der Waals surface area contributed by atoms with Gasteiger partial charge >= 0.3 is 0 Å². The van der Waals surface area contributed by atoms with Gasteiger partial charge in [-0.1, -0.05) is 35.9 Å². The zero-order valence-corrected chi connectivity index (χ0v) is 12.1. The Morgan fingerprint density at radius 2 is 2.11 bits per heavy atom. The van der Waals surface area contributed by atoms with Crippen molar-refractivity contribution in [3.63, 3.8) is 0 Å². The van der Waals surface area contributed by atoms with Crippen molar-refractivity contribution in [1.29, 1.82) is 0 Å². The van der Waals surface area contributed by atoms with Gasteiger partial charge < -0.3 is 0 Å². The van der Waals surface area contributed by atoms with Crippen LogP contribution in [0.25, 0.3) is 0 Å². The lowest BCUT2D eigenvalue weighted by molar-refractivity contribution is -0.120. The van der Waals surface area contributed by atoms with E-state index in [2.05, 4.69) is 18.2 Å². The Morgan fingerprint density at radius 1 is 1.26 bits per heavy atom. The third-order valence-corrected chi connectivity index (χ3v) is 4.97. The van der Waals surface area contributed by atoms with Crippen LogP contribution in [0.15, 0.2) is 36.4 Å². The maximum absolute atomic E-state index is 12.5. The van der Waals surface area contributed by atoms with Crippen molar-refractivity contribution in [2.24, 2.45) is 0 Å². The minimum absolute atomic E-state index is 0.0748. The first-order valence-electron chi connectivity index (χ1n) is 6.59. The minimum atomic E-state index is 0.0748. The van der Waals surface area contributed by atoms with Gasteiger partial charge in [-0.2, -0.15) is 0 Å². The number of carbonyl (C=O) groups excluding carboxylic acids is 1. The van der Waals surface area contributed by atoms with E-state index in [4.69, 9.17) is 11.6 Å². The van der Waals surface area contributed by atoms with Gasteiger partial charge in [0, 0.05) is 17.2 Å². The van der Waals surface area contributed by atoms with Gasteiger partial charge in [0.25, 0.3) is 0 Å². The van der Waals surface area contributed by atoms with Crippen molar-refractivity contribution < 1.29 is 4.79 Å². The second kappa shape index (κ2) is 5.48. The maximum atomic E-state index is 12.5. The van der Waals surface area contributed by atoms with Crippen LogP contribution >= 0.6 is 22.9 Å². The third-order valence-electron chi connectivity index (χ3n) is 3.74. The normalized spacial score (nSPS) is 18.1. The number of carbonyl (C=O) groups is 1. The highest BCUT2D eigenvalue weighted by Gasteiger charge is 2.26. The van der Waals surface area contributed by atoms with Crippen LogP contribution in [0.1, 0.15) is 34.8 Å². The van der Waals surface area contributed by atoms with Gasteiger partial charge in [0.2, 0.25) is 0 Å². The summed E-state index contributed by atoms with van der Waals surface area (Å²) in [5.74, 6) is 0.400. The average molecular weight is 291 g/mol. The molecule has 19 heavy (non-hydrogen) atoms. The summed E-state index contributed by atoms with van der Waals surface area (Å²) in [6.07, 6.45) is 3.70. The fraction of sp³-hybridized carbons (Fsp3) is 0.312. The molecule has 1 aliphatic carbocycles. The Kier molecular flexibility index (Phi) is 3.72. The van der Waals surface area contributed by atoms with E-state index < -0.39 is 0 Å². The van der Waals surface area contributed by atoms with Crippen molar-refractivity contribution in [2.75, 3.05) is 0 Å². The summed E-state index contributed by atoms with van der Waals surface area (Å²) < 4.78 is 0.756. The molecule has 1 aliphatic rings. The van der Waals surface area contributed by atoms with E-state index in [9.17, 15) is 4.79 Å². The van der Waals surface area contributed by atoms with Gasteiger partial charge in [0.15, 0.2) is 0 Å². The maximum Gasteiger partial charge on any atom is 0.145 e. The number of hydrogen-bond donors (Lipinski definition) is 0. The Bertz CT molecular complexity index is 602. The number of fused-ring (bicyclic) bond motifs is 1. The van der Waals surface area contributed by atoms with Crippen LogP contribution in [-0.2, 0) is 17.6 Å². The van der Waals surface area contributed by atoms with E-state index in [1.54, 1.807) is 0 Å². The zero-order valence-electron chi connectivity index (χ0n) is 10.6. The molecule has 0 aliphatic heterocycles. The summed E-state index contributed by atoms with van der Waals surface area (Å²) in [7, 11) is 0. The Morgan fingerprint density at radius 3 is 2.89 bits per heavy atom. The number of ketones is 1. The van der Waals surface area contributed by atoms with Crippen molar-refractivity contribution in [3.05, 3.63) is 56.7 Å². The lowest BCUT2D eigenvalue weighted by Gasteiger charge is -2.24. The van der Waals surface area contributed by atoms with Crippen LogP contribution in [0.4, 0.5) is 0 Å². The van der Waals surface area contributed by atoms with Crippen LogP contribution in [0.3, 0.4) is 0 Å². The predicted molar refractivity (Wildman–Crippen MR) is 80.2 cm³/mol. The van der Waals surface area contributed by atoms with Crippen molar-refractivity contribution >= 4 is 28.7 Å². The number of halogens is 1. The largest absolute Gasteiger partial charge is 0.299 e. The molecule has 3 rings (SSSR count). The molecule has 0 N–H and O–H groups in total. The Labute approximate surface area is 122 Å². The van der Waals surface area contributed by atoms with Crippen molar-refractivity contribution in [2.45, 2.75) is 31.6 Å². The fourth-order valence-electron chi connectivity index (χ4n) is 2.83. The molecule has 2 aromatic rings. The highest BCUT2D eigenvalue weighted by Crippen LogP contribution is 2.33. The summed E-state index contributed by atoms with van der Waals surface area (Å²) in [6, 6.07) is 12.2. The summed E-state index contributed by atoms with van der Waals surface area (Å²) in [5.41, 5.74) is 2.58. The molecule has 3 heteroatoms. The highest BCUT2D eigenvalue weighted by molar-refractivity contribution is 7.16. The van der Waals surface area contributed by atoms with Gasteiger partial charge in [-0.05, 0) is 42.5 Å². The quantitative estimate of drug-likeness (QED) is 0.805. The summed E-state index contributed by atoms with van der Waals surface area (Å²) >= 11 is 7.42. The summed E-state index contributed by atoms with van der Waals surface area (Å²) in [4.78, 5) is 13.6. The first kappa shape index (κ1) is 12.9. The molecular formula is C16H15ClOS. The third kappa shape index (κ3) is 2.75. The Hall–Kier alpha value is -1.12. The molecule has 1 nitrogen and oxygen atoms in total. The highest BCUT2D eigenvalue weighted by atomic mass is 35.5. The first-order chi connectivity index (χ1) is 9.24. The standard InChI is InChI=1S/C16H15ClOS/c17-16-9-8-12(19-16)10-15(18)14-7-3-5-11-4-1-2-6-13(11)14/h1-2,4,6,8-9,14H,3,5,7,10H2. The second-order valence-corrected chi connectivity index (χ2v) is 6.79. The summed E-state index contributed by atoms with van der Waals surface area (Å²) in [5, 5.41) is 0. The van der Waals surface area contributed by atoms with E-state index in [-0.39, 0.29) is 5.92 Å². The lowest BCUT2D eigenvalue weighted by Crippen LogP contribution is -2.19. The van der Waals surface area contributed by atoms with Crippen LogP contribution in [0.5, 0.6) is 0 Å². The molecule has 0 radical (unpaired) electrons. The number of Topliss-reactive ketones (excluding diaryl/α,β-unsaturated/α-hetero) is 1.